The van der Waals surface area contributed by atoms with E-state index in [1.807, 2.05) is 42.9 Å². The molecular weight excluding hydrogens is 424 g/mol. The van der Waals surface area contributed by atoms with E-state index in [0.717, 1.165) is 15.4 Å². The Bertz CT molecular complexity index is 1160. The summed E-state index contributed by atoms with van der Waals surface area (Å²) in [6.07, 6.45) is 3.85. The second-order valence-corrected chi connectivity index (χ2v) is 10.5. The Hall–Kier alpha value is -2.43. The van der Waals surface area contributed by atoms with E-state index >= 15 is 0 Å². The summed E-state index contributed by atoms with van der Waals surface area (Å²) in [6, 6.07) is 3.86. The summed E-state index contributed by atoms with van der Waals surface area (Å²) in [6.45, 7) is 8.33. The quantitative estimate of drug-likeness (QED) is 0.612. The highest BCUT2D eigenvalue weighted by molar-refractivity contribution is 7.89. The van der Waals surface area contributed by atoms with Crippen LogP contribution in [0.25, 0.3) is 5.00 Å². The van der Waals surface area contributed by atoms with Crippen LogP contribution in [0.5, 0.6) is 0 Å². The van der Waals surface area contributed by atoms with Crippen LogP contribution in [-0.2, 0) is 10.0 Å². The average molecular weight is 449 g/mol. The third kappa shape index (κ3) is 3.38. The van der Waals surface area contributed by atoms with E-state index < -0.39 is 10.0 Å². The van der Waals surface area contributed by atoms with Gasteiger partial charge in [-0.05, 0) is 45.4 Å². The number of sulfonamides is 1. The van der Waals surface area contributed by atoms with Crippen LogP contribution in [0.4, 0.5) is 0 Å². The lowest BCUT2D eigenvalue weighted by molar-refractivity contribution is 0.0697. The van der Waals surface area contributed by atoms with Crippen LogP contribution in [0.3, 0.4) is 0 Å². The lowest BCUT2D eigenvalue weighted by Crippen LogP contribution is -2.50. The number of aromatic nitrogens is 2. The summed E-state index contributed by atoms with van der Waals surface area (Å²) in [5, 5.41) is 4.65. The normalized spacial score (nSPS) is 15.7. The fraction of sp³-hybridized carbons (Fsp3) is 0.400. The lowest BCUT2D eigenvalue weighted by Gasteiger charge is -2.34. The van der Waals surface area contributed by atoms with Crippen molar-refractivity contribution in [3.63, 3.8) is 0 Å². The molecule has 1 saturated heterocycles. The molecule has 0 aliphatic carbocycles. The first-order valence-electron chi connectivity index (χ1n) is 9.67. The van der Waals surface area contributed by atoms with Crippen molar-refractivity contribution in [2.75, 3.05) is 26.2 Å². The molecule has 8 nitrogen and oxygen atoms in total. The van der Waals surface area contributed by atoms with Gasteiger partial charge in [0.1, 0.15) is 15.6 Å². The number of carbonyl (C=O) groups excluding carboxylic acids is 1. The minimum atomic E-state index is -3.70. The molecular formula is C20H24N4O4S2. The maximum absolute atomic E-state index is 13.4. The van der Waals surface area contributed by atoms with E-state index in [4.69, 9.17) is 4.52 Å². The van der Waals surface area contributed by atoms with Crippen LogP contribution < -0.4 is 0 Å². The summed E-state index contributed by atoms with van der Waals surface area (Å²) >= 11 is 1.59. The van der Waals surface area contributed by atoms with Crippen molar-refractivity contribution in [3.05, 3.63) is 52.0 Å². The topological polar surface area (TPSA) is 88.7 Å². The molecule has 0 spiro atoms. The van der Waals surface area contributed by atoms with Crippen molar-refractivity contribution < 1.29 is 17.7 Å². The molecule has 30 heavy (non-hydrogen) atoms. The number of nitrogens with zero attached hydrogens (tertiary/aromatic N) is 4. The number of hydrogen-bond acceptors (Lipinski definition) is 6. The van der Waals surface area contributed by atoms with E-state index in [2.05, 4.69) is 5.16 Å². The van der Waals surface area contributed by atoms with Crippen molar-refractivity contribution in [2.45, 2.75) is 32.6 Å². The van der Waals surface area contributed by atoms with Crippen LogP contribution >= 0.6 is 11.3 Å². The van der Waals surface area contributed by atoms with E-state index in [1.54, 1.807) is 30.1 Å². The van der Waals surface area contributed by atoms with E-state index in [9.17, 15) is 13.2 Å². The number of aryl methyl sites for hydroxylation is 3. The highest BCUT2D eigenvalue weighted by Gasteiger charge is 2.35. The first kappa shape index (κ1) is 20.8. The highest BCUT2D eigenvalue weighted by atomic mass is 32.2. The fourth-order valence-electron chi connectivity index (χ4n) is 3.77. The second-order valence-electron chi connectivity index (χ2n) is 7.40. The van der Waals surface area contributed by atoms with Gasteiger partial charge in [0.05, 0.1) is 5.56 Å². The molecule has 4 heterocycles. The Kier molecular flexibility index (Phi) is 5.33. The molecule has 0 unspecified atom stereocenters. The summed E-state index contributed by atoms with van der Waals surface area (Å²) in [5.74, 6) is 0.224. The predicted molar refractivity (Wildman–Crippen MR) is 114 cm³/mol. The number of hydrogen-bond donors (Lipinski definition) is 0. The van der Waals surface area contributed by atoms with Gasteiger partial charge < -0.3 is 14.0 Å². The zero-order chi connectivity index (χ0) is 21.6. The van der Waals surface area contributed by atoms with Crippen LogP contribution in [0.1, 0.15) is 32.3 Å². The van der Waals surface area contributed by atoms with E-state index in [-0.39, 0.29) is 29.7 Å². The molecule has 0 atom stereocenters. The summed E-state index contributed by atoms with van der Waals surface area (Å²) < 4.78 is 34.4. The van der Waals surface area contributed by atoms with Gasteiger partial charge in [0, 0.05) is 43.4 Å². The predicted octanol–water partition coefficient (Wildman–Crippen LogP) is 2.91. The Labute approximate surface area is 179 Å². The molecule has 0 bridgehead atoms. The number of thiophene rings is 1. The maximum Gasteiger partial charge on any atom is 0.257 e. The van der Waals surface area contributed by atoms with Gasteiger partial charge in [0.2, 0.25) is 10.0 Å². The Morgan fingerprint density at radius 1 is 1.07 bits per heavy atom. The summed E-state index contributed by atoms with van der Waals surface area (Å²) in [4.78, 5) is 16.3. The largest absolute Gasteiger partial charge is 0.360 e. The minimum absolute atomic E-state index is 0.0602. The monoisotopic (exact) mass is 448 g/mol. The molecule has 1 aliphatic heterocycles. The first-order chi connectivity index (χ1) is 14.2. The molecule has 0 saturated carbocycles. The average Bonchev–Trinajstić information content (AvgIpc) is 3.42. The van der Waals surface area contributed by atoms with E-state index in [1.165, 1.54) is 4.31 Å². The third-order valence-electron chi connectivity index (χ3n) is 5.51. The molecule has 1 fully saturated rings. The van der Waals surface area contributed by atoms with Gasteiger partial charge >= 0.3 is 0 Å². The smallest absolute Gasteiger partial charge is 0.257 e. The molecule has 4 rings (SSSR count). The molecule has 160 valence electrons. The van der Waals surface area contributed by atoms with Crippen LogP contribution in [-0.4, -0.2) is 59.4 Å². The van der Waals surface area contributed by atoms with Crippen LogP contribution in [0, 0.1) is 27.7 Å². The molecule has 0 radical (unpaired) electrons. The maximum atomic E-state index is 13.4. The molecule has 3 aromatic heterocycles. The number of piperazine rings is 1. The van der Waals surface area contributed by atoms with Crippen LogP contribution in [0.15, 0.2) is 33.9 Å². The zero-order valence-corrected chi connectivity index (χ0v) is 19.0. The molecule has 0 aromatic carbocycles. The van der Waals surface area contributed by atoms with Crippen molar-refractivity contribution in [3.8, 4) is 5.00 Å². The van der Waals surface area contributed by atoms with Gasteiger partial charge in [0.25, 0.3) is 5.91 Å². The number of rotatable bonds is 4. The Morgan fingerprint density at radius 3 is 2.27 bits per heavy atom. The highest BCUT2D eigenvalue weighted by Crippen LogP contribution is 2.32. The standard InChI is InChI=1S/C20H24N4O4S2/c1-13-16(4)29-20(23-7-5-6-8-23)17(13)19(25)22-9-11-24(12-10-22)30(26,27)18-14(2)21-28-15(18)3/h5-8H,9-12H2,1-4H3. The zero-order valence-electron chi connectivity index (χ0n) is 17.4. The molecule has 10 heteroatoms. The van der Waals surface area contributed by atoms with Gasteiger partial charge in [-0.25, -0.2) is 8.42 Å². The first-order valence-corrected chi connectivity index (χ1v) is 11.9. The lowest BCUT2D eigenvalue weighted by atomic mass is 10.1. The van der Waals surface area contributed by atoms with Gasteiger partial charge in [-0.1, -0.05) is 5.16 Å². The second kappa shape index (κ2) is 7.68. The van der Waals surface area contributed by atoms with Gasteiger partial charge in [-0.15, -0.1) is 11.3 Å². The van der Waals surface area contributed by atoms with Crippen LogP contribution in [0.2, 0.25) is 0 Å². The van der Waals surface area contributed by atoms with Crippen molar-refractivity contribution >= 4 is 27.3 Å². The number of carbonyl (C=O) groups is 1. The Balaban J connectivity index is 1.55. The van der Waals surface area contributed by atoms with Crippen molar-refractivity contribution in [1.29, 1.82) is 0 Å². The minimum Gasteiger partial charge on any atom is -0.360 e. The van der Waals surface area contributed by atoms with Gasteiger partial charge in [-0.3, -0.25) is 4.79 Å². The Morgan fingerprint density at radius 2 is 1.70 bits per heavy atom. The summed E-state index contributed by atoms with van der Waals surface area (Å²) in [7, 11) is -3.70. The number of amides is 1. The van der Waals surface area contributed by atoms with Crippen molar-refractivity contribution in [2.24, 2.45) is 0 Å². The molecule has 3 aromatic rings. The summed E-state index contributed by atoms with van der Waals surface area (Å²) in [5.41, 5.74) is 2.02. The SMILES string of the molecule is Cc1noc(C)c1S(=O)(=O)N1CCN(C(=O)c2c(-n3cccc3)sc(C)c2C)CC1. The third-order valence-corrected chi connectivity index (χ3v) is 8.88. The van der Waals surface area contributed by atoms with Gasteiger partial charge in [-0.2, -0.15) is 4.31 Å². The van der Waals surface area contributed by atoms with Gasteiger partial charge in [0.15, 0.2) is 5.76 Å². The van der Waals surface area contributed by atoms with E-state index in [0.29, 0.717) is 24.3 Å². The molecule has 1 aliphatic rings. The molecule has 1 amide bonds. The molecule has 0 N–H and O–H groups in total. The van der Waals surface area contributed by atoms with Crippen molar-refractivity contribution in [1.82, 2.24) is 18.9 Å². The fourth-order valence-corrected chi connectivity index (χ4v) is 6.60.